The summed E-state index contributed by atoms with van der Waals surface area (Å²) in [6.07, 6.45) is 2.08. The highest BCUT2D eigenvalue weighted by molar-refractivity contribution is 9.10. The van der Waals surface area contributed by atoms with Crippen molar-refractivity contribution in [2.45, 2.75) is 31.9 Å². The van der Waals surface area contributed by atoms with Gasteiger partial charge in [-0.15, -0.1) is 0 Å². The molecule has 4 nitrogen and oxygen atoms in total. The van der Waals surface area contributed by atoms with E-state index in [1.165, 1.54) is 0 Å². The molecule has 0 bridgehead atoms. The largest absolute Gasteiger partial charge is 0.497 e. The van der Waals surface area contributed by atoms with Gasteiger partial charge in [-0.25, -0.2) is 0 Å². The van der Waals surface area contributed by atoms with Gasteiger partial charge in [0.25, 0.3) is 5.91 Å². The molecule has 0 heterocycles. The molecule has 1 aromatic carbocycles. The first-order valence-corrected chi connectivity index (χ1v) is 7.19. The summed E-state index contributed by atoms with van der Waals surface area (Å²) in [6, 6.07) is 5.58. The second-order valence-corrected chi connectivity index (χ2v) is 5.42. The molecule has 0 radical (unpaired) electrons. The maximum atomic E-state index is 12.2. The lowest BCUT2D eigenvalue weighted by molar-refractivity contribution is -0.00863. The molecule has 0 aliphatic heterocycles. The van der Waals surface area contributed by atoms with Crippen LogP contribution in [0.25, 0.3) is 0 Å². The van der Waals surface area contributed by atoms with E-state index < -0.39 is 0 Å². The van der Waals surface area contributed by atoms with Gasteiger partial charge in [0.15, 0.2) is 0 Å². The average molecular weight is 328 g/mol. The van der Waals surface area contributed by atoms with Crippen molar-refractivity contribution in [3.63, 3.8) is 0 Å². The number of methoxy groups -OCH3 is 1. The molecule has 104 valence electrons. The molecular formula is C14H18BrNO3. The van der Waals surface area contributed by atoms with E-state index in [9.17, 15) is 4.79 Å². The van der Waals surface area contributed by atoms with Crippen molar-refractivity contribution in [1.29, 1.82) is 0 Å². The molecule has 0 saturated heterocycles. The Hall–Kier alpha value is -1.07. The molecule has 1 aliphatic rings. The Bertz CT molecular complexity index is 458. The number of carbonyl (C=O) groups excluding carboxylic acids is 1. The lowest BCUT2D eigenvalue weighted by atomic mass is 9.89. The number of benzene rings is 1. The molecule has 2 rings (SSSR count). The van der Waals surface area contributed by atoms with Gasteiger partial charge in [0, 0.05) is 17.1 Å². The number of rotatable bonds is 5. The zero-order valence-corrected chi connectivity index (χ0v) is 12.7. The van der Waals surface area contributed by atoms with Crippen LogP contribution >= 0.6 is 15.9 Å². The van der Waals surface area contributed by atoms with Gasteiger partial charge in [0.2, 0.25) is 0 Å². The van der Waals surface area contributed by atoms with Crippen LogP contribution < -0.4 is 10.1 Å². The molecule has 1 saturated carbocycles. The molecule has 1 fully saturated rings. The van der Waals surface area contributed by atoms with Crippen molar-refractivity contribution in [2.24, 2.45) is 0 Å². The fourth-order valence-corrected chi connectivity index (χ4v) is 2.55. The Labute approximate surface area is 121 Å². The quantitative estimate of drug-likeness (QED) is 0.904. The van der Waals surface area contributed by atoms with Crippen molar-refractivity contribution in [1.82, 2.24) is 5.32 Å². The molecule has 1 aliphatic carbocycles. The van der Waals surface area contributed by atoms with Gasteiger partial charge in [-0.1, -0.05) is 0 Å². The molecule has 0 spiro atoms. The number of hydrogen-bond acceptors (Lipinski definition) is 3. The Morgan fingerprint density at radius 2 is 2.21 bits per heavy atom. The summed E-state index contributed by atoms with van der Waals surface area (Å²) in [7, 11) is 1.59. The van der Waals surface area contributed by atoms with E-state index in [4.69, 9.17) is 9.47 Å². The number of carbonyl (C=O) groups is 1. The van der Waals surface area contributed by atoms with Gasteiger partial charge < -0.3 is 14.8 Å². The van der Waals surface area contributed by atoms with E-state index in [1.807, 2.05) is 19.1 Å². The molecule has 1 N–H and O–H groups in total. The highest BCUT2D eigenvalue weighted by Gasteiger charge is 2.31. The molecule has 1 amide bonds. The summed E-state index contributed by atoms with van der Waals surface area (Å²) >= 11 is 3.39. The highest BCUT2D eigenvalue weighted by atomic mass is 79.9. The Morgan fingerprint density at radius 3 is 2.84 bits per heavy atom. The zero-order chi connectivity index (χ0) is 13.8. The van der Waals surface area contributed by atoms with Crippen LogP contribution in [0.2, 0.25) is 0 Å². The van der Waals surface area contributed by atoms with Crippen molar-refractivity contribution in [3.8, 4) is 5.75 Å². The first-order valence-electron chi connectivity index (χ1n) is 6.40. The average Bonchev–Trinajstić information content (AvgIpc) is 2.36. The Balaban J connectivity index is 1.94. The summed E-state index contributed by atoms with van der Waals surface area (Å²) < 4.78 is 11.4. The lowest BCUT2D eigenvalue weighted by Gasteiger charge is -2.35. The van der Waals surface area contributed by atoms with Crippen LogP contribution in [-0.4, -0.2) is 31.8 Å². The third-order valence-corrected chi connectivity index (χ3v) is 3.94. The van der Waals surface area contributed by atoms with Crippen LogP contribution in [0.15, 0.2) is 22.7 Å². The van der Waals surface area contributed by atoms with E-state index in [0.29, 0.717) is 17.4 Å². The van der Waals surface area contributed by atoms with Gasteiger partial charge in [0.1, 0.15) is 5.75 Å². The maximum Gasteiger partial charge on any atom is 0.252 e. The lowest BCUT2D eigenvalue weighted by Crippen LogP contribution is -2.47. The van der Waals surface area contributed by atoms with Crippen molar-refractivity contribution >= 4 is 21.8 Å². The second-order valence-electron chi connectivity index (χ2n) is 4.56. The van der Waals surface area contributed by atoms with Crippen molar-refractivity contribution in [2.75, 3.05) is 13.7 Å². The maximum absolute atomic E-state index is 12.2. The highest BCUT2D eigenvalue weighted by Crippen LogP contribution is 2.26. The molecule has 0 atom stereocenters. The summed E-state index contributed by atoms with van der Waals surface area (Å²) in [5, 5.41) is 3.01. The summed E-state index contributed by atoms with van der Waals surface area (Å²) in [6.45, 7) is 2.71. The van der Waals surface area contributed by atoms with Gasteiger partial charge in [-0.05, 0) is 53.9 Å². The molecule has 5 heteroatoms. The van der Waals surface area contributed by atoms with Gasteiger partial charge in [-0.2, -0.15) is 0 Å². The number of amides is 1. The first kappa shape index (κ1) is 14.3. The second kappa shape index (κ2) is 6.39. The minimum absolute atomic E-state index is 0.0780. The van der Waals surface area contributed by atoms with Crippen LogP contribution in [-0.2, 0) is 4.74 Å². The Kier molecular flexibility index (Phi) is 4.82. The first-order chi connectivity index (χ1) is 9.13. The van der Waals surface area contributed by atoms with Crippen molar-refractivity contribution in [3.05, 3.63) is 28.2 Å². The van der Waals surface area contributed by atoms with E-state index in [0.717, 1.165) is 23.9 Å². The minimum atomic E-state index is -0.0780. The standard InChI is InChI=1S/C14H18BrNO3/c1-3-19-11-6-9(7-11)16-14(17)12-8-10(18-2)4-5-13(12)15/h4-5,8-9,11H,3,6-7H2,1-2H3,(H,16,17). The van der Waals surface area contributed by atoms with E-state index in [-0.39, 0.29) is 11.9 Å². The van der Waals surface area contributed by atoms with E-state index in [1.54, 1.807) is 13.2 Å². The van der Waals surface area contributed by atoms with Gasteiger partial charge in [0.05, 0.1) is 18.8 Å². The number of ether oxygens (including phenoxy) is 2. The molecule has 19 heavy (non-hydrogen) atoms. The van der Waals surface area contributed by atoms with Gasteiger partial charge in [-0.3, -0.25) is 4.79 Å². The fourth-order valence-electron chi connectivity index (χ4n) is 2.12. The van der Waals surface area contributed by atoms with E-state index >= 15 is 0 Å². The SMILES string of the molecule is CCOC1CC(NC(=O)c2cc(OC)ccc2Br)C1. The molecule has 0 unspecified atom stereocenters. The third-order valence-electron chi connectivity index (χ3n) is 3.25. The number of halogens is 1. The van der Waals surface area contributed by atoms with Crippen LogP contribution in [0.5, 0.6) is 5.75 Å². The Morgan fingerprint density at radius 1 is 1.47 bits per heavy atom. The van der Waals surface area contributed by atoms with Crippen molar-refractivity contribution < 1.29 is 14.3 Å². The van der Waals surface area contributed by atoms with Crippen LogP contribution in [0.1, 0.15) is 30.1 Å². The monoisotopic (exact) mass is 327 g/mol. The molecule has 0 aromatic heterocycles. The summed E-state index contributed by atoms with van der Waals surface area (Å²) in [5.74, 6) is 0.597. The van der Waals surface area contributed by atoms with Crippen LogP contribution in [0.3, 0.4) is 0 Å². The summed E-state index contributed by atoms with van der Waals surface area (Å²) in [4.78, 5) is 12.2. The molecular weight excluding hydrogens is 310 g/mol. The smallest absolute Gasteiger partial charge is 0.252 e. The van der Waals surface area contributed by atoms with Crippen LogP contribution in [0, 0.1) is 0 Å². The van der Waals surface area contributed by atoms with Crippen LogP contribution in [0.4, 0.5) is 0 Å². The number of nitrogens with one attached hydrogen (secondary N) is 1. The number of hydrogen-bond donors (Lipinski definition) is 1. The molecule has 1 aromatic rings. The van der Waals surface area contributed by atoms with E-state index in [2.05, 4.69) is 21.2 Å². The normalized spacial score (nSPS) is 21.6. The predicted octanol–water partition coefficient (Wildman–Crippen LogP) is 2.76. The summed E-state index contributed by atoms with van der Waals surface area (Å²) in [5.41, 5.74) is 0.596. The predicted molar refractivity (Wildman–Crippen MR) is 76.6 cm³/mol. The van der Waals surface area contributed by atoms with Gasteiger partial charge >= 0.3 is 0 Å². The zero-order valence-electron chi connectivity index (χ0n) is 11.1. The minimum Gasteiger partial charge on any atom is -0.497 e. The third kappa shape index (κ3) is 3.48. The topological polar surface area (TPSA) is 47.6 Å². The fraction of sp³-hybridized carbons (Fsp3) is 0.500.